The number of urea groups is 1. The molecule has 2 bridgehead atoms. The molecule has 148 valence electrons. The Bertz CT molecular complexity index is 905. The van der Waals surface area contributed by atoms with E-state index in [4.69, 9.17) is 0 Å². The molecule has 6 nitrogen and oxygen atoms in total. The SMILES string of the molecule is Cc1ccc(NC(=O)N2C3CC(C)CC2C3)cc1-c1nncc(C(F)(F)F)n1. The van der Waals surface area contributed by atoms with E-state index in [9.17, 15) is 18.0 Å². The predicted molar refractivity (Wildman–Crippen MR) is 96.5 cm³/mol. The molecular weight excluding hydrogens is 371 g/mol. The molecule has 9 heteroatoms. The van der Waals surface area contributed by atoms with Crippen LogP contribution in [0.1, 0.15) is 37.4 Å². The highest BCUT2D eigenvalue weighted by atomic mass is 19.4. The molecule has 28 heavy (non-hydrogen) atoms. The summed E-state index contributed by atoms with van der Waals surface area (Å²) in [5.74, 6) is 0.502. The number of carbonyl (C=O) groups is 1. The van der Waals surface area contributed by atoms with E-state index in [0.29, 0.717) is 28.9 Å². The van der Waals surface area contributed by atoms with E-state index >= 15 is 0 Å². The van der Waals surface area contributed by atoms with Crippen molar-refractivity contribution < 1.29 is 18.0 Å². The number of amides is 2. The number of hydrogen-bond acceptors (Lipinski definition) is 4. The van der Waals surface area contributed by atoms with Gasteiger partial charge in [-0.05, 0) is 49.8 Å². The maximum absolute atomic E-state index is 12.9. The molecule has 2 amide bonds. The number of nitrogens with one attached hydrogen (secondary N) is 1. The van der Waals surface area contributed by atoms with E-state index in [1.54, 1.807) is 25.1 Å². The van der Waals surface area contributed by atoms with Gasteiger partial charge in [-0.2, -0.15) is 18.3 Å². The summed E-state index contributed by atoms with van der Waals surface area (Å²) in [5.41, 5.74) is 0.473. The third-order valence-corrected chi connectivity index (χ3v) is 5.49. The van der Waals surface area contributed by atoms with Gasteiger partial charge in [-0.1, -0.05) is 13.0 Å². The maximum atomic E-state index is 12.9. The second-order valence-electron chi connectivity index (χ2n) is 7.65. The fraction of sp³-hybridized carbons (Fsp3) is 0.474. The minimum Gasteiger partial charge on any atom is -0.318 e. The predicted octanol–water partition coefficient (Wildman–Crippen LogP) is 4.27. The van der Waals surface area contributed by atoms with E-state index < -0.39 is 11.9 Å². The van der Waals surface area contributed by atoms with E-state index in [1.807, 2.05) is 4.90 Å². The summed E-state index contributed by atoms with van der Waals surface area (Å²) in [5, 5.41) is 10.0. The molecule has 0 radical (unpaired) electrons. The molecule has 3 heterocycles. The standard InChI is InChI=1S/C19H20F3N5O/c1-10-5-13-8-14(6-10)27(13)18(28)24-12-4-3-11(2)15(7-12)17-25-16(9-23-26-17)19(20,21)22/h3-4,7,9-10,13-14H,5-6,8H2,1-2H3,(H,24,28). The Balaban J connectivity index is 1.56. The van der Waals surface area contributed by atoms with Gasteiger partial charge < -0.3 is 10.2 Å². The molecule has 2 unspecified atom stereocenters. The number of carbonyl (C=O) groups excluding carboxylic acids is 1. The van der Waals surface area contributed by atoms with Gasteiger partial charge in [0.1, 0.15) is 0 Å². The summed E-state index contributed by atoms with van der Waals surface area (Å²) in [6, 6.07) is 5.39. The number of fused-ring (bicyclic) bond motifs is 2. The first-order valence-corrected chi connectivity index (χ1v) is 9.19. The van der Waals surface area contributed by atoms with Crippen molar-refractivity contribution in [3.8, 4) is 11.4 Å². The van der Waals surface area contributed by atoms with Crippen LogP contribution in [0.4, 0.5) is 23.7 Å². The second-order valence-corrected chi connectivity index (χ2v) is 7.65. The Hall–Kier alpha value is -2.71. The number of rotatable bonds is 2. The number of alkyl halides is 3. The summed E-state index contributed by atoms with van der Waals surface area (Å²) >= 11 is 0. The average molecular weight is 391 g/mol. The summed E-state index contributed by atoms with van der Waals surface area (Å²) < 4.78 is 38.8. The van der Waals surface area contributed by atoms with Gasteiger partial charge in [-0.15, -0.1) is 5.10 Å². The summed E-state index contributed by atoms with van der Waals surface area (Å²) in [7, 11) is 0. The van der Waals surface area contributed by atoms with Crippen molar-refractivity contribution >= 4 is 11.7 Å². The van der Waals surface area contributed by atoms with Crippen LogP contribution in [-0.2, 0) is 6.18 Å². The third kappa shape index (κ3) is 3.41. The largest absolute Gasteiger partial charge is 0.435 e. The molecule has 1 aromatic heterocycles. The fourth-order valence-corrected chi connectivity index (χ4v) is 4.16. The van der Waals surface area contributed by atoms with E-state index in [0.717, 1.165) is 19.3 Å². The zero-order valence-electron chi connectivity index (χ0n) is 15.5. The van der Waals surface area contributed by atoms with Crippen LogP contribution in [0.15, 0.2) is 24.4 Å². The molecule has 0 aliphatic carbocycles. The van der Waals surface area contributed by atoms with Crippen molar-refractivity contribution in [1.82, 2.24) is 20.1 Å². The lowest BCUT2D eigenvalue weighted by atomic mass is 9.74. The highest BCUT2D eigenvalue weighted by molar-refractivity contribution is 5.91. The topological polar surface area (TPSA) is 71.0 Å². The van der Waals surface area contributed by atoms with Crippen LogP contribution in [0.5, 0.6) is 0 Å². The molecule has 0 spiro atoms. The monoisotopic (exact) mass is 391 g/mol. The number of benzene rings is 1. The van der Waals surface area contributed by atoms with Crippen LogP contribution in [0, 0.1) is 12.8 Å². The second kappa shape index (κ2) is 6.72. The van der Waals surface area contributed by atoms with Crippen molar-refractivity contribution in [3.05, 3.63) is 35.7 Å². The Kier molecular flexibility index (Phi) is 4.47. The molecule has 2 fully saturated rings. The number of anilines is 1. The number of nitrogens with zero attached hydrogens (tertiary/aromatic N) is 4. The minimum atomic E-state index is -4.60. The Morgan fingerprint density at radius 2 is 1.93 bits per heavy atom. The normalized spacial score (nSPS) is 23.9. The zero-order valence-corrected chi connectivity index (χ0v) is 15.5. The number of aromatic nitrogens is 3. The summed E-state index contributed by atoms with van der Waals surface area (Å²) in [6.45, 7) is 3.94. The van der Waals surface area contributed by atoms with Crippen molar-refractivity contribution in [1.29, 1.82) is 0 Å². The molecule has 1 N–H and O–H groups in total. The minimum absolute atomic E-state index is 0.127. The smallest absolute Gasteiger partial charge is 0.318 e. The molecule has 2 saturated heterocycles. The van der Waals surface area contributed by atoms with Crippen LogP contribution in [0.25, 0.3) is 11.4 Å². The highest BCUT2D eigenvalue weighted by Crippen LogP contribution is 2.41. The van der Waals surface area contributed by atoms with Crippen molar-refractivity contribution in [2.75, 3.05) is 5.32 Å². The molecule has 0 saturated carbocycles. The van der Waals surface area contributed by atoms with Crippen LogP contribution in [0.3, 0.4) is 0 Å². The Morgan fingerprint density at radius 3 is 2.61 bits per heavy atom. The summed E-state index contributed by atoms with van der Waals surface area (Å²) in [4.78, 5) is 18.1. The first-order chi connectivity index (χ1) is 13.2. The quantitative estimate of drug-likeness (QED) is 0.830. The van der Waals surface area contributed by atoms with Crippen molar-refractivity contribution in [2.24, 2.45) is 5.92 Å². The van der Waals surface area contributed by atoms with Crippen LogP contribution in [-0.4, -0.2) is 38.2 Å². The van der Waals surface area contributed by atoms with Gasteiger partial charge in [0.05, 0.1) is 6.20 Å². The number of hydrogen-bond donors (Lipinski definition) is 1. The van der Waals surface area contributed by atoms with Crippen LogP contribution >= 0.6 is 0 Å². The zero-order chi connectivity index (χ0) is 20.1. The van der Waals surface area contributed by atoms with Crippen LogP contribution < -0.4 is 5.32 Å². The Labute approximate surface area is 160 Å². The molecule has 2 aromatic rings. The molecule has 4 rings (SSSR count). The molecule has 2 aliphatic heterocycles. The van der Waals surface area contributed by atoms with Gasteiger partial charge in [0.25, 0.3) is 0 Å². The van der Waals surface area contributed by atoms with Gasteiger partial charge in [0.15, 0.2) is 11.5 Å². The Morgan fingerprint density at radius 1 is 1.21 bits per heavy atom. The fourth-order valence-electron chi connectivity index (χ4n) is 4.16. The number of piperidine rings is 1. The lowest BCUT2D eigenvalue weighted by Crippen LogP contribution is -2.63. The first-order valence-electron chi connectivity index (χ1n) is 9.19. The molecule has 1 aromatic carbocycles. The number of aryl methyl sites for hydroxylation is 1. The molecule has 2 aliphatic rings. The van der Waals surface area contributed by atoms with E-state index in [2.05, 4.69) is 27.4 Å². The summed E-state index contributed by atoms with van der Waals surface area (Å²) in [6.07, 6.45) is -0.953. The third-order valence-electron chi connectivity index (χ3n) is 5.49. The average Bonchev–Trinajstić information content (AvgIpc) is 2.62. The molecule has 2 atom stereocenters. The molecular formula is C19H20F3N5O. The number of halogens is 3. The van der Waals surface area contributed by atoms with Crippen LogP contribution in [0.2, 0.25) is 0 Å². The van der Waals surface area contributed by atoms with Gasteiger partial charge in [0, 0.05) is 23.3 Å². The van der Waals surface area contributed by atoms with E-state index in [-0.39, 0.29) is 23.9 Å². The van der Waals surface area contributed by atoms with E-state index in [1.165, 1.54) is 0 Å². The van der Waals surface area contributed by atoms with Crippen molar-refractivity contribution in [2.45, 2.75) is 51.4 Å². The van der Waals surface area contributed by atoms with Gasteiger partial charge in [-0.25, -0.2) is 9.78 Å². The van der Waals surface area contributed by atoms with Gasteiger partial charge >= 0.3 is 12.2 Å². The maximum Gasteiger partial charge on any atom is 0.435 e. The lowest BCUT2D eigenvalue weighted by molar-refractivity contribution is -0.141. The van der Waals surface area contributed by atoms with Crippen molar-refractivity contribution in [3.63, 3.8) is 0 Å². The van der Waals surface area contributed by atoms with Gasteiger partial charge in [-0.3, -0.25) is 0 Å². The lowest BCUT2D eigenvalue weighted by Gasteiger charge is -2.54. The van der Waals surface area contributed by atoms with Gasteiger partial charge in [0.2, 0.25) is 0 Å². The highest BCUT2D eigenvalue weighted by Gasteiger charge is 2.46. The first kappa shape index (κ1) is 18.6.